The van der Waals surface area contributed by atoms with Crippen LogP contribution in [0.2, 0.25) is 18.1 Å². The summed E-state index contributed by atoms with van der Waals surface area (Å²) in [5, 5.41) is 19.8. The number of hydrogen-bond donors (Lipinski definition) is 2. The molecule has 0 radical (unpaired) electrons. The number of aliphatic hydroxyl groups is 1. The molecule has 4 atom stereocenters. The largest absolute Gasteiger partial charge is 0.507 e. The van der Waals surface area contributed by atoms with E-state index in [0.29, 0.717) is 42.2 Å². The van der Waals surface area contributed by atoms with E-state index in [9.17, 15) is 5.11 Å². The van der Waals surface area contributed by atoms with E-state index in [2.05, 4.69) is 37.8 Å². The zero-order valence-corrected chi connectivity index (χ0v) is 32.7. The highest BCUT2D eigenvalue weighted by molar-refractivity contribution is 6.74. The molecule has 2 N–H and O–H groups in total. The number of carbonyl (C=O) groups is 2. The lowest BCUT2D eigenvalue weighted by atomic mass is 9.57. The number of aromatic nitrogens is 1. The van der Waals surface area contributed by atoms with Gasteiger partial charge in [-0.3, -0.25) is 9.59 Å². The maximum absolute atomic E-state index is 15.7. The monoisotopic (exact) mass is 748 g/mol. The molecular formula is C43H48N2O8Si. The Kier molecular flexibility index (Phi) is 9.93. The van der Waals surface area contributed by atoms with Crippen molar-refractivity contribution in [3.8, 4) is 17.4 Å². The number of carbonyl (C=O) groups excluding carboxylic acids is 2. The third kappa shape index (κ3) is 6.27. The second-order valence-corrected chi connectivity index (χ2v) is 20.6. The number of ketones is 2. The molecule has 1 saturated carbocycles. The summed E-state index contributed by atoms with van der Waals surface area (Å²) in [5.41, 5.74) is 1.13. The first kappa shape index (κ1) is 37.3. The Morgan fingerprint density at radius 3 is 2.19 bits per heavy atom. The molecule has 10 nitrogen and oxygen atoms in total. The molecule has 0 unspecified atom stereocenters. The fourth-order valence-corrected chi connectivity index (χ4v) is 9.29. The quantitative estimate of drug-likeness (QED) is 0.0829. The van der Waals surface area contributed by atoms with Crippen LogP contribution in [0, 0.1) is 11.8 Å². The van der Waals surface area contributed by atoms with Crippen LogP contribution in [-0.4, -0.2) is 49.4 Å². The highest BCUT2D eigenvalue weighted by atomic mass is 28.4. The van der Waals surface area contributed by atoms with Crippen LogP contribution in [0.4, 0.5) is 0 Å². The van der Waals surface area contributed by atoms with Gasteiger partial charge in [-0.25, -0.2) is 0 Å². The molecule has 54 heavy (non-hydrogen) atoms. The number of Topliss-reactive ketones (excluding diaryl/α,β-unsaturated/α-hetero) is 2. The number of rotatable bonds is 12. The molecule has 3 aromatic carbocycles. The first-order valence-corrected chi connectivity index (χ1v) is 21.3. The number of fused-ring (bicyclic) bond motifs is 4. The summed E-state index contributed by atoms with van der Waals surface area (Å²) in [4.78, 5) is 31.1. The van der Waals surface area contributed by atoms with E-state index < -0.39 is 43.4 Å². The Balaban J connectivity index is 1.40. The SMILES string of the molecule is C=CCN[C@@H]1c2onc(OCc3ccccc3)c2C(=O)[C@@]2(O[Si](C)(C)C(C)(C)C)C(=O)C3=C(O)c4c(OCc5ccccc5)ccc(OC)c4C[C@H]3C[C@@H]12. The number of ether oxygens (including phenoxy) is 3. The van der Waals surface area contributed by atoms with E-state index in [1.807, 2.05) is 79.8 Å². The molecular weight excluding hydrogens is 701 g/mol. The summed E-state index contributed by atoms with van der Waals surface area (Å²) in [6, 6.07) is 22.2. The second kappa shape index (κ2) is 14.4. The van der Waals surface area contributed by atoms with Crippen LogP contribution in [0.3, 0.4) is 0 Å². The zero-order valence-electron chi connectivity index (χ0n) is 31.7. The maximum Gasteiger partial charge on any atom is 0.265 e. The van der Waals surface area contributed by atoms with Gasteiger partial charge in [0.2, 0.25) is 11.6 Å². The van der Waals surface area contributed by atoms with E-state index in [4.69, 9.17) is 23.2 Å². The van der Waals surface area contributed by atoms with E-state index in [0.717, 1.165) is 16.7 Å². The van der Waals surface area contributed by atoms with Gasteiger partial charge in [-0.2, -0.15) is 0 Å². The van der Waals surface area contributed by atoms with Crippen LogP contribution in [0.15, 0.2) is 95.5 Å². The van der Waals surface area contributed by atoms with Crippen molar-refractivity contribution in [2.45, 2.75) is 76.6 Å². The summed E-state index contributed by atoms with van der Waals surface area (Å²) in [6.45, 7) is 14.9. The molecule has 0 aliphatic heterocycles. The van der Waals surface area contributed by atoms with Crippen LogP contribution in [0.5, 0.6) is 17.4 Å². The normalized spacial score (nSPS) is 22.1. The molecule has 1 aromatic heterocycles. The Labute approximate surface area is 317 Å². The summed E-state index contributed by atoms with van der Waals surface area (Å²) in [7, 11) is -1.32. The number of nitrogens with one attached hydrogen (secondary N) is 1. The lowest BCUT2D eigenvalue weighted by molar-refractivity contribution is -0.138. The van der Waals surface area contributed by atoms with E-state index in [-0.39, 0.29) is 41.0 Å². The van der Waals surface area contributed by atoms with E-state index in [1.54, 1.807) is 19.3 Å². The molecule has 0 bridgehead atoms. The van der Waals surface area contributed by atoms with Crippen molar-refractivity contribution in [3.63, 3.8) is 0 Å². The lowest BCUT2D eigenvalue weighted by Gasteiger charge is -2.54. The van der Waals surface area contributed by atoms with Crippen molar-refractivity contribution in [1.82, 2.24) is 10.5 Å². The Hall–Kier alpha value is -4.97. The first-order valence-electron chi connectivity index (χ1n) is 18.4. The highest BCUT2D eigenvalue weighted by Gasteiger charge is 2.68. The molecule has 3 aliphatic carbocycles. The molecule has 0 amide bonds. The number of nitrogens with zero attached hydrogens (tertiary/aromatic N) is 1. The average molecular weight is 749 g/mol. The third-order valence-electron chi connectivity index (χ3n) is 11.5. The van der Waals surface area contributed by atoms with Crippen molar-refractivity contribution in [1.29, 1.82) is 0 Å². The van der Waals surface area contributed by atoms with Crippen molar-refractivity contribution >= 4 is 25.6 Å². The van der Waals surface area contributed by atoms with E-state index >= 15 is 9.59 Å². The van der Waals surface area contributed by atoms with Crippen molar-refractivity contribution in [2.75, 3.05) is 13.7 Å². The minimum atomic E-state index is -2.90. The number of hydrogen-bond acceptors (Lipinski definition) is 10. The Bertz CT molecular complexity index is 2100. The number of benzene rings is 3. The highest BCUT2D eigenvalue weighted by Crippen LogP contribution is 2.58. The number of methoxy groups -OCH3 is 1. The summed E-state index contributed by atoms with van der Waals surface area (Å²) >= 11 is 0. The van der Waals surface area contributed by atoms with Gasteiger partial charge in [-0.1, -0.05) is 87.5 Å². The van der Waals surface area contributed by atoms with Crippen molar-refractivity contribution in [2.24, 2.45) is 11.8 Å². The second-order valence-electron chi connectivity index (χ2n) is 15.8. The van der Waals surface area contributed by atoms with Crippen LogP contribution in [-0.2, 0) is 28.9 Å². The van der Waals surface area contributed by atoms with Gasteiger partial charge in [0.25, 0.3) is 5.88 Å². The minimum absolute atomic E-state index is 0.00985. The van der Waals surface area contributed by atoms with Crippen molar-refractivity contribution < 1.29 is 37.9 Å². The predicted molar refractivity (Wildman–Crippen MR) is 207 cm³/mol. The number of aliphatic hydroxyl groups excluding tert-OH is 1. The molecule has 1 heterocycles. The van der Waals surface area contributed by atoms with Crippen LogP contribution >= 0.6 is 0 Å². The summed E-state index contributed by atoms with van der Waals surface area (Å²) < 4.78 is 31.5. The molecule has 3 aliphatic rings. The van der Waals surface area contributed by atoms with Gasteiger partial charge in [0.15, 0.2) is 19.7 Å². The van der Waals surface area contributed by atoms with Crippen LogP contribution in [0.25, 0.3) is 5.76 Å². The smallest absolute Gasteiger partial charge is 0.265 e. The Morgan fingerprint density at radius 2 is 1.57 bits per heavy atom. The molecule has 11 heteroatoms. The Morgan fingerprint density at radius 1 is 0.944 bits per heavy atom. The van der Waals surface area contributed by atoms with E-state index in [1.165, 1.54) is 0 Å². The maximum atomic E-state index is 15.7. The molecule has 1 fully saturated rings. The van der Waals surface area contributed by atoms with Crippen LogP contribution in [0.1, 0.15) is 71.6 Å². The predicted octanol–water partition coefficient (Wildman–Crippen LogP) is 8.35. The summed E-state index contributed by atoms with van der Waals surface area (Å²) in [5.74, 6) is -1.30. The molecule has 0 saturated heterocycles. The topological polar surface area (TPSA) is 129 Å². The molecule has 7 rings (SSSR count). The van der Waals surface area contributed by atoms with Gasteiger partial charge in [0.05, 0.1) is 18.7 Å². The first-order chi connectivity index (χ1) is 25.8. The van der Waals surface area contributed by atoms with Gasteiger partial charge >= 0.3 is 0 Å². The van der Waals surface area contributed by atoms with Crippen LogP contribution < -0.4 is 19.5 Å². The van der Waals surface area contributed by atoms with Gasteiger partial charge in [-0.05, 0) is 65.3 Å². The lowest BCUT2D eigenvalue weighted by Crippen LogP contribution is -2.68. The van der Waals surface area contributed by atoms with Gasteiger partial charge in [-0.15, -0.1) is 6.58 Å². The standard InChI is InChI=1S/C43H48N2O8Si/c1-8-21-44-36-30-23-28-22-29-31(49-5)19-20-32(50-24-26-15-11-9-12-16-26)34(29)37(46)33(28)39(47)43(30,53-54(6,7)42(2,3)4)40(48)35-38(36)52-45-41(35)51-25-27-17-13-10-14-18-27/h8-20,28,30,36,44,46H,1,21-25H2,2-7H3/t28-,30-,36-,43-/m0/s1. The van der Waals surface area contributed by atoms with Gasteiger partial charge in [0.1, 0.15) is 36.0 Å². The summed E-state index contributed by atoms with van der Waals surface area (Å²) in [6.07, 6.45) is 2.41. The van der Waals surface area contributed by atoms with Crippen molar-refractivity contribution in [3.05, 3.63) is 125 Å². The fraction of sp³-hybridized carbons (Fsp3) is 0.372. The van der Waals surface area contributed by atoms with Gasteiger partial charge < -0.3 is 33.6 Å². The third-order valence-corrected chi connectivity index (χ3v) is 16.0. The molecule has 0 spiro atoms. The van der Waals surface area contributed by atoms with Gasteiger partial charge in [0, 0.05) is 23.6 Å². The average Bonchev–Trinajstić information content (AvgIpc) is 3.58. The minimum Gasteiger partial charge on any atom is -0.507 e. The fourth-order valence-electron chi connectivity index (χ4n) is 7.84. The zero-order chi connectivity index (χ0) is 38.4. The molecule has 282 valence electrons. The molecule has 4 aromatic rings.